The molecule has 0 aromatic carbocycles. The van der Waals surface area contributed by atoms with E-state index in [-0.39, 0.29) is 6.61 Å². The van der Waals surface area contributed by atoms with Crippen LogP contribution >= 0.6 is 0 Å². The van der Waals surface area contributed by atoms with Crippen molar-refractivity contribution in [2.75, 3.05) is 26.4 Å². The fourth-order valence-corrected chi connectivity index (χ4v) is 1.50. The van der Waals surface area contributed by atoms with Crippen molar-refractivity contribution in [2.45, 2.75) is 47.5 Å². The summed E-state index contributed by atoms with van der Waals surface area (Å²) in [4.78, 5) is 0. The molecule has 0 fully saturated rings. The molecule has 0 aliphatic carbocycles. The van der Waals surface area contributed by atoms with E-state index in [0.717, 1.165) is 0 Å². The fourth-order valence-electron chi connectivity index (χ4n) is 1.22. The average molecular weight is 309 g/mol. The summed E-state index contributed by atoms with van der Waals surface area (Å²) in [6, 6.07) is 0. The second-order valence-electron chi connectivity index (χ2n) is 6.09. The van der Waals surface area contributed by atoms with Crippen LogP contribution in [0.4, 0.5) is 0 Å². The van der Waals surface area contributed by atoms with E-state index in [1.165, 1.54) is 0 Å². The van der Waals surface area contributed by atoms with Crippen molar-refractivity contribution >= 4 is 0 Å². The van der Waals surface area contributed by atoms with Gasteiger partial charge in [-0.3, -0.25) is 0 Å². The summed E-state index contributed by atoms with van der Waals surface area (Å²) in [7, 11) is 0. The van der Waals surface area contributed by atoms with Crippen LogP contribution in [0.5, 0.6) is 0 Å². The van der Waals surface area contributed by atoms with Gasteiger partial charge in [0.05, 0.1) is 0 Å². The summed E-state index contributed by atoms with van der Waals surface area (Å²) in [5, 5.41) is 0. The molecule has 0 atom stereocenters. The van der Waals surface area contributed by atoms with Crippen LogP contribution in [0, 0.1) is 17.8 Å². The molecule has 0 unspecified atom stereocenters. The number of ether oxygens (including phenoxy) is 3. The Bertz CT molecular complexity index is 188. The van der Waals surface area contributed by atoms with Crippen LogP contribution in [0.25, 0.3) is 0 Å². The first-order valence-electron chi connectivity index (χ1n) is 7.01. The summed E-state index contributed by atoms with van der Waals surface area (Å²) in [6.45, 7) is 14.6. The second-order valence-corrected chi connectivity index (χ2v) is 6.54. The summed E-state index contributed by atoms with van der Waals surface area (Å²) >= 11 is 1.63. The molecule has 0 bridgehead atoms. The van der Waals surface area contributed by atoms with Gasteiger partial charge in [-0.1, -0.05) is 0 Å². The standard InChI is InChI=1S/C14H29O4.Ti/c1-11(2)7-16-14(10-15,17-8-12(3)4)18-9-13(5)6;/h11-13H,7-10H2,1-6H3;/q-1;+1. The molecule has 0 spiro atoms. The predicted octanol–water partition coefficient (Wildman–Crippen LogP) is 3.14. The molecule has 113 valence electrons. The summed E-state index contributed by atoms with van der Waals surface area (Å²) in [5.41, 5.74) is 0. The van der Waals surface area contributed by atoms with Crippen LogP contribution in [-0.2, 0) is 38.4 Å². The quantitative estimate of drug-likeness (QED) is 0.434. The molecule has 0 saturated carbocycles. The van der Waals surface area contributed by atoms with Crippen LogP contribution in [0.15, 0.2) is 0 Å². The van der Waals surface area contributed by atoms with Gasteiger partial charge in [-0.15, -0.1) is 0 Å². The zero-order valence-corrected chi connectivity index (χ0v) is 14.8. The van der Waals surface area contributed by atoms with Crippen molar-refractivity contribution in [2.24, 2.45) is 17.8 Å². The van der Waals surface area contributed by atoms with Gasteiger partial charge in [-0.05, 0) is 0 Å². The first-order chi connectivity index (χ1) is 8.81. The Hall–Kier alpha value is 0.554. The van der Waals surface area contributed by atoms with Gasteiger partial charge in [0, 0.05) is 0 Å². The van der Waals surface area contributed by atoms with E-state index in [4.69, 9.17) is 17.5 Å². The van der Waals surface area contributed by atoms with E-state index in [2.05, 4.69) is 41.5 Å². The normalized spacial score (nSPS) is 12.8. The van der Waals surface area contributed by atoms with E-state index in [0.29, 0.717) is 37.6 Å². The summed E-state index contributed by atoms with van der Waals surface area (Å²) in [6.07, 6.45) is 0. The minimum absolute atomic E-state index is 0.277. The van der Waals surface area contributed by atoms with Crippen molar-refractivity contribution in [1.82, 2.24) is 0 Å². The van der Waals surface area contributed by atoms with E-state index in [1.54, 1.807) is 20.8 Å². The van der Waals surface area contributed by atoms with E-state index in [9.17, 15) is 0 Å². The van der Waals surface area contributed by atoms with Crippen molar-refractivity contribution < 1.29 is 38.4 Å². The minimum atomic E-state index is -1.08. The number of hydrogen-bond acceptors (Lipinski definition) is 4. The SMILES string of the molecule is CC(C)COC(C[O][Ti])(OCC(C)C)OCC(C)C. The average Bonchev–Trinajstić information content (AvgIpc) is 2.31. The molecule has 0 heterocycles. The first kappa shape index (κ1) is 19.6. The van der Waals surface area contributed by atoms with Gasteiger partial charge in [0.2, 0.25) is 0 Å². The molecular formula is C14H29O4Ti. The molecule has 0 aliphatic heterocycles. The van der Waals surface area contributed by atoms with Gasteiger partial charge in [0.15, 0.2) is 0 Å². The molecule has 0 amide bonds. The first-order valence-corrected chi connectivity index (χ1v) is 7.65. The molecule has 0 aromatic rings. The fraction of sp³-hybridized carbons (Fsp3) is 1.00. The van der Waals surface area contributed by atoms with Crippen molar-refractivity contribution in [3.63, 3.8) is 0 Å². The Balaban J connectivity index is 4.65. The second kappa shape index (κ2) is 10.3. The topological polar surface area (TPSA) is 36.9 Å². The maximum atomic E-state index is 5.86. The van der Waals surface area contributed by atoms with E-state index in [1.807, 2.05) is 0 Å². The third kappa shape index (κ3) is 10.00. The van der Waals surface area contributed by atoms with Gasteiger partial charge in [0.1, 0.15) is 0 Å². The monoisotopic (exact) mass is 309 g/mol. The van der Waals surface area contributed by atoms with Crippen LogP contribution < -0.4 is 0 Å². The Morgan fingerprint density at radius 1 is 0.737 bits per heavy atom. The zero-order chi connectivity index (χ0) is 14.9. The Morgan fingerprint density at radius 3 is 1.26 bits per heavy atom. The van der Waals surface area contributed by atoms with E-state index < -0.39 is 5.97 Å². The third-order valence-electron chi connectivity index (χ3n) is 2.16. The molecule has 4 nitrogen and oxygen atoms in total. The van der Waals surface area contributed by atoms with Crippen LogP contribution in [0.1, 0.15) is 41.5 Å². The van der Waals surface area contributed by atoms with Crippen LogP contribution in [0.3, 0.4) is 0 Å². The molecule has 0 aromatic heterocycles. The molecule has 0 aliphatic rings. The zero-order valence-electron chi connectivity index (χ0n) is 13.2. The van der Waals surface area contributed by atoms with Gasteiger partial charge in [0.25, 0.3) is 0 Å². The van der Waals surface area contributed by atoms with Gasteiger partial charge >= 0.3 is 130 Å². The molecule has 5 heteroatoms. The van der Waals surface area contributed by atoms with Crippen molar-refractivity contribution in [3.05, 3.63) is 0 Å². The molecule has 19 heavy (non-hydrogen) atoms. The molecule has 0 rings (SSSR count). The van der Waals surface area contributed by atoms with Crippen LogP contribution in [0.2, 0.25) is 0 Å². The molecule has 0 radical (unpaired) electrons. The van der Waals surface area contributed by atoms with Gasteiger partial charge in [-0.2, -0.15) is 0 Å². The van der Waals surface area contributed by atoms with Crippen molar-refractivity contribution in [3.8, 4) is 0 Å². The predicted molar refractivity (Wildman–Crippen MR) is 71.1 cm³/mol. The van der Waals surface area contributed by atoms with E-state index >= 15 is 0 Å². The van der Waals surface area contributed by atoms with Gasteiger partial charge in [-0.25, -0.2) is 0 Å². The third-order valence-corrected chi connectivity index (χ3v) is 2.38. The summed E-state index contributed by atoms with van der Waals surface area (Å²) in [5.74, 6) is 0.178. The van der Waals surface area contributed by atoms with Crippen LogP contribution in [-0.4, -0.2) is 32.4 Å². The number of rotatable bonds is 11. The number of hydrogen-bond donors (Lipinski definition) is 0. The molecular weight excluding hydrogens is 280 g/mol. The molecule has 0 saturated heterocycles. The Morgan fingerprint density at radius 2 is 1.05 bits per heavy atom. The Kier molecular flexibility index (Phi) is 10.6. The Labute approximate surface area is 130 Å². The maximum absolute atomic E-state index is 5.86. The van der Waals surface area contributed by atoms with Gasteiger partial charge < -0.3 is 0 Å². The van der Waals surface area contributed by atoms with Crippen molar-refractivity contribution in [1.29, 1.82) is 0 Å². The molecule has 0 N–H and O–H groups in total. The summed E-state index contributed by atoms with van der Waals surface area (Å²) < 4.78 is 22.8.